The number of rotatable bonds is 5. The van der Waals surface area contributed by atoms with E-state index in [0.29, 0.717) is 22.3 Å². The first kappa shape index (κ1) is 22.2. The molecule has 1 N–H and O–H groups in total. The standard InChI is InChI=1S/C26H24FN3O3/c1-15-11-19(16(2)29-23-9-10-28-14-22(23)26(32)33-4)20-13-24(17-5-7-18(27)8-6-17)30(3)25(31)21(20)12-15/h5-14,16H,1-4H3,(H,28,29). The molecule has 7 heteroatoms. The summed E-state index contributed by atoms with van der Waals surface area (Å²) < 4.78 is 19.9. The number of aromatic nitrogens is 2. The molecule has 0 radical (unpaired) electrons. The Labute approximate surface area is 190 Å². The SMILES string of the molecule is COC(=O)c1cnccc1NC(C)c1cc(C)cc2c(=O)n(C)c(-c3ccc(F)cc3)cc12. The normalized spacial score (nSPS) is 11.9. The van der Waals surface area contributed by atoms with Gasteiger partial charge in [0.1, 0.15) is 11.4 Å². The number of anilines is 1. The first-order valence-corrected chi connectivity index (χ1v) is 10.5. The lowest BCUT2D eigenvalue weighted by Crippen LogP contribution is -2.20. The monoisotopic (exact) mass is 445 g/mol. The molecule has 0 aliphatic heterocycles. The highest BCUT2D eigenvalue weighted by atomic mass is 19.1. The van der Waals surface area contributed by atoms with Crippen LogP contribution in [-0.4, -0.2) is 22.6 Å². The van der Waals surface area contributed by atoms with Gasteiger partial charge < -0.3 is 14.6 Å². The van der Waals surface area contributed by atoms with Gasteiger partial charge in [-0.15, -0.1) is 0 Å². The van der Waals surface area contributed by atoms with E-state index in [9.17, 15) is 14.0 Å². The fourth-order valence-electron chi connectivity index (χ4n) is 4.05. The number of methoxy groups -OCH3 is 1. The van der Waals surface area contributed by atoms with Gasteiger partial charge in [0.05, 0.1) is 18.5 Å². The van der Waals surface area contributed by atoms with Crippen LogP contribution in [0, 0.1) is 12.7 Å². The van der Waals surface area contributed by atoms with Crippen LogP contribution in [-0.2, 0) is 11.8 Å². The predicted octanol–water partition coefficient (Wildman–Crippen LogP) is 5.01. The van der Waals surface area contributed by atoms with Crippen LogP contribution in [0.1, 0.15) is 34.5 Å². The molecule has 0 bridgehead atoms. The molecule has 4 rings (SSSR count). The van der Waals surface area contributed by atoms with E-state index in [1.54, 1.807) is 36.0 Å². The second kappa shape index (κ2) is 8.86. The summed E-state index contributed by atoms with van der Waals surface area (Å²) in [5.41, 5.74) is 4.05. The Kier molecular flexibility index (Phi) is 5.96. The number of pyridine rings is 2. The van der Waals surface area contributed by atoms with Crippen molar-refractivity contribution in [1.82, 2.24) is 9.55 Å². The molecule has 0 aliphatic carbocycles. The molecule has 1 unspecified atom stereocenters. The summed E-state index contributed by atoms with van der Waals surface area (Å²) in [5, 5.41) is 4.74. The minimum Gasteiger partial charge on any atom is -0.465 e. The van der Waals surface area contributed by atoms with Crippen LogP contribution in [0.5, 0.6) is 0 Å². The summed E-state index contributed by atoms with van der Waals surface area (Å²) >= 11 is 0. The van der Waals surface area contributed by atoms with Gasteiger partial charge in [-0.2, -0.15) is 0 Å². The van der Waals surface area contributed by atoms with Gasteiger partial charge >= 0.3 is 5.97 Å². The molecule has 0 amide bonds. The lowest BCUT2D eigenvalue weighted by Gasteiger charge is -2.21. The van der Waals surface area contributed by atoms with E-state index in [0.717, 1.165) is 22.1 Å². The van der Waals surface area contributed by atoms with Crippen LogP contribution in [0.15, 0.2) is 65.7 Å². The number of benzene rings is 2. The van der Waals surface area contributed by atoms with E-state index >= 15 is 0 Å². The number of carbonyl (C=O) groups is 1. The topological polar surface area (TPSA) is 73.2 Å². The fourth-order valence-corrected chi connectivity index (χ4v) is 4.05. The number of aryl methyl sites for hydroxylation is 1. The largest absolute Gasteiger partial charge is 0.465 e. The van der Waals surface area contributed by atoms with Crippen LogP contribution < -0.4 is 10.9 Å². The van der Waals surface area contributed by atoms with E-state index in [2.05, 4.69) is 10.3 Å². The van der Waals surface area contributed by atoms with Crippen molar-refractivity contribution in [3.63, 3.8) is 0 Å². The number of hydrogen-bond donors (Lipinski definition) is 1. The average molecular weight is 445 g/mol. The third kappa shape index (κ3) is 4.22. The summed E-state index contributed by atoms with van der Waals surface area (Å²) in [4.78, 5) is 29.4. The van der Waals surface area contributed by atoms with Gasteiger partial charge in [-0.3, -0.25) is 9.78 Å². The summed E-state index contributed by atoms with van der Waals surface area (Å²) in [6.45, 7) is 3.90. The number of halogens is 1. The number of esters is 1. The summed E-state index contributed by atoms with van der Waals surface area (Å²) in [6.07, 6.45) is 3.05. The van der Waals surface area contributed by atoms with Crippen molar-refractivity contribution in [2.45, 2.75) is 19.9 Å². The van der Waals surface area contributed by atoms with Gasteiger partial charge in [-0.1, -0.05) is 6.07 Å². The molecule has 0 spiro atoms. The molecule has 168 valence electrons. The number of fused-ring (bicyclic) bond motifs is 1. The van der Waals surface area contributed by atoms with Crippen molar-refractivity contribution in [1.29, 1.82) is 0 Å². The minimum absolute atomic E-state index is 0.136. The van der Waals surface area contributed by atoms with E-state index < -0.39 is 5.97 Å². The molecule has 33 heavy (non-hydrogen) atoms. The van der Waals surface area contributed by atoms with E-state index in [1.807, 2.05) is 32.0 Å². The number of nitrogens with one attached hydrogen (secondary N) is 1. The minimum atomic E-state index is -0.487. The molecule has 2 aromatic carbocycles. The molecule has 0 saturated carbocycles. The summed E-state index contributed by atoms with van der Waals surface area (Å²) in [6, 6.07) is 13.4. The van der Waals surface area contributed by atoms with Crippen LogP contribution in [0.3, 0.4) is 0 Å². The molecule has 0 saturated heterocycles. The van der Waals surface area contributed by atoms with E-state index in [-0.39, 0.29) is 17.4 Å². The number of hydrogen-bond acceptors (Lipinski definition) is 5. The quantitative estimate of drug-likeness (QED) is 0.437. The van der Waals surface area contributed by atoms with Gasteiger partial charge in [0.15, 0.2) is 0 Å². The van der Waals surface area contributed by atoms with E-state index in [1.165, 1.54) is 25.4 Å². The summed E-state index contributed by atoms with van der Waals surface area (Å²) in [5.74, 6) is -0.822. The Hall–Kier alpha value is -4.00. The third-order valence-electron chi connectivity index (χ3n) is 5.74. The first-order valence-electron chi connectivity index (χ1n) is 10.5. The van der Waals surface area contributed by atoms with Gasteiger partial charge in [0, 0.05) is 30.9 Å². The van der Waals surface area contributed by atoms with Crippen molar-refractivity contribution >= 4 is 22.4 Å². The molecule has 0 fully saturated rings. The molecule has 1 atom stereocenters. The fraction of sp³-hybridized carbons (Fsp3) is 0.192. The molecular formula is C26H24FN3O3. The Balaban J connectivity index is 1.87. The average Bonchev–Trinajstić information content (AvgIpc) is 2.81. The zero-order chi connectivity index (χ0) is 23.7. The van der Waals surface area contributed by atoms with Gasteiger partial charge in [-0.05, 0) is 78.4 Å². The molecular weight excluding hydrogens is 421 g/mol. The Morgan fingerprint density at radius 3 is 2.55 bits per heavy atom. The lowest BCUT2D eigenvalue weighted by molar-refractivity contribution is 0.0601. The zero-order valence-corrected chi connectivity index (χ0v) is 18.8. The maximum Gasteiger partial charge on any atom is 0.341 e. The summed E-state index contributed by atoms with van der Waals surface area (Å²) in [7, 11) is 3.03. The van der Waals surface area contributed by atoms with Crippen molar-refractivity contribution in [2.24, 2.45) is 7.05 Å². The molecule has 4 aromatic rings. The molecule has 2 aromatic heterocycles. The Bertz CT molecular complexity index is 1410. The van der Waals surface area contributed by atoms with Crippen LogP contribution >= 0.6 is 0 Å². The number of nitrogens with zero attached hydrogens (tertiary/aromatic N) is 2. The third-order valence-corrected chi connectivity index (χ3v) is 5.74. The van der Waals surface area contributed by atoms with Crippen molar-refractivity contribution in [2.75, 3.05) is 12.4 Å². The van der Waals surface area contributed by atoms with E-state index in [4.69, 9.17) is 4.74 Å². The highest BCUT2D eigenvalue weighted by molar-refractivity contribution is 5.95. The smallest absolute Gasteiger partial charge is 0.341 e. The maximum atomic E-state index is 13.5. The molecule has 6 nitrogen and oxygen atoms in total. The number of ether oxygens (including phenoxy) is 1. The first-order chi connectivity index (χ1) is 15.8. The van der Waals surface area contributed by atoms with Crippen LogP contribution in [0.4, 0.5) is 10.1 Å². The second-order valence-corrected chi connectivity index (χ2v) is 7.99. The highest BCUT2D eigenvalue weighted by Gasteiger charge is 2.18. The highest BCUT2D eigenvalue weighted by Crippen LogP contribution is 2.31. The number of carbonyl (C=O) groups excluding carboxylic acids is 1. The lowest BCUT2D eigenvalue weighted by atomic mass is 9.96. The van der Waals surface area contributed by atoms with Crippen molar-refractivity contribution < 1.29 is 13.9 Å². The van der Waals surface area contributed by atoms with Gasteiger partial charge in [0.2, 0.25) is 0 Å². The van der Waals surface area contributed by atoms with Crippen LogP contribution in [0.25, 0.3) is 22.0 Å². The second-order valence-electron chi connectivity index (χ2n) is 7.99. The van der Waals surface area contributed by atoms with Crippen molar-refractivity contribution in [3.05, 3.63) is 93.8 Å². The van der Waals surface area contributed by atoms with Gasteiger partial charge in [-0.25, -0.2) is 9.18 Å². The van der Waals surface area contributed by atoms with Crippen LogP contribution in [0.2, 0.25) is 0 Å². The van der Waals surface area contributed by atoms with Gasteiger partial charge in [0.25, 0.3) is 5.56 Å². The Morgan fingerprint density at radius 2 is 1.85 bits per heavy atom. The Morgan fingerprint density at radius 1 is 1.12 bits per heavy atom. The zero-order valence-electron chi connectivity index (χ0n) is 18.8. The molecule has 0 aliphatic rings. The van der Waals surface area contributed by atoms with Crippen molar-refractivity contribution in [3.8, 4) is 11.3 Å². The maximum absolute atomic E-state index is 13.5. The molecule has 2 heterocycles. The predicted molar refractivity (Wildman–Crippen MR) is 127 cm³/mol.